The van der Waals surface area contributed by atoms with Crippen LogP contribution in [0.15, 0.2) is 47.8 Å². The molecular formula is C19H24N2OS. The molecule has 1 aromatic heterocycles. The van der Waals surface area contributed by atoms with E-state index in [1.807, 2.05) is 4.90 Å². The van der Waals surface area contributed by atoms with Crippen molar-refractivity contribution in [3.63, 3.8) is 0 Å². The lowest BCUT2D eigenvalue weighted by Crippen LogP contribution is -2.45. The first-order chi connectivity index (χ1) is 11.3. The van der Waals surface area contributed by atoms with E-state index >= 15 is 0 Å². The van der Waals surface area contributed by atoms with Gasteiger partial charge in [0, 0.05) is 24.5 Å². The average molecular weight is 328 g/mol. The van der Waals surface area contributed by atoms with Gasteiger partial charge in [0.25, 0.3) is 0 Å². The van der Waals surface area contributed by atoms with Gasteiger partial charge in [-0.2, -0.15) is 0 Å². The van der Waals surface area contributed by atoms with Crippen LogP contribution in [0.2, 0.25) is 0 Å². The van der Waals surface area contributed by atoms with Gasteiger partial charge in [-0.3, -0.25) is 0 Å². The molecule has 2 aromatic rings. The molecule has 0 atom stereocenters. The standard InChI is InChI=1S/C19H24N2OS/c22-19(20-11-8-18-7-4-14-23-18)21-12-9-17(10-13-21)15-16-5-2-1-3-6-16/h1-7,14,17H,8-13,15H2,(H,20,22). The number of hydrogen-bond donors (Lipinski definition) is 1. The van der Waals surface area contributed by atoms with Crippen LogP contribution in [-0.2, 0) is 12.8 Å². The highest BCUT2D eigenvalue weighted by atomic mass is 32.1. The zero-order valence-electron chi connectivity index (χ0n) is 13.4. The zero-order valence-corrected chi connectivity index (χ0v) is 14.2. The molecule has 1 saturated heterocycles. The minimum atomic E-state index is 0.0970. The van der Waals surface area contributed by atoms with Crippen LogP contribution in [0.25, 0.3) is 0 Å². The second-order valence-corrected chi connectivity index (χ2v) is 7.21. The summed E-state index contributed by atoms with van der Waals surface area (Å²) in [6, 6.07) is 14.9. The number of likely N-dealkylation sites (tertiary alicyclic amines) is 1. The number of rotatable bonds is 5. The molecule has 0 aliphatic carbocycles. The summed E-state index contributed by atoms with van der Waals surface area (Å²) in [5.74, 6) is 0.701. The van der Waals surface area contributed by atoms with E-state index in [-0.39, 0.29) is 6.03 Å². The molecule has 0 saturated carbocycles. The second kappa shape index (κ2) is 8.16. The third-order valence-electron chi connectivity index (χ3n) is 4.50. The fraction of sp³-hybridized carbons (Fsp3) is 0.421. The topological polar surface area (TPSA) is 32.3 Å². The molecule has 4 heteroatoms. The predicted octanol–water partition coefficient (Wildman–Crippen LogP) is 3.95. The molecule has 3 rings (SSSR count). The van der Waals surface area contributed by atoms with Crippen molar-refractivity contribution in [1.82, 2.24) is 10.2 Å². The summed E-state index contributed by atoms with van der Waals surface area (Å²) >= 11 is 1.75. The summed E-state index contributed by atoms with van der Waals surface area (Å²) < 4.78 is 0. The smallest absolute Gasteiger partial charge is 0.317 e. The number of urea groups is 1. The maximum atomic E-state index is 12.2. The summed E-state index contributed by atoms with van der Waals surface area (Å²) in [5.41, 5.74) is 1.41. The zero-order chi connectivity index (χ0) is 15.9. The van der Waals surface area contributed by atoms with Crippen molar-refractivity contribution in [2.45, 2.75) is 25.7 Å². The summed E-state index contributed by atoms with van der Waals surface area (Å²) in [6.45, 7) is 2.48. The normalized spacial score (nSPS) is 15.6. The first-order valence-corrected chi connectivity index (χ1v) is 9.28. The van der Waals surface area contributed by atoms with E-state index < -0.39 is 0 Å². The number of amides is 2. The molecule has 1 N–H and O–H groups in total. The van der Waals surface area contributed by atoms with Crippen LogP contribution in [-0.4, -0.2) is 30.6 Å². The van der Waals surface area contributed by atoms with Crippen LogP contribution >= 0.6 is 11.3 Å². The summed E-state index contributed by atoms with van der Waals surface area (Å²) in [4.78, 5) is 15.5. The SMILES string of the molecule is O=C(NCCc1cccs1)N1CCC(Cc2ccccc2)CC1. The minimum absolute atomic E-state index is 0.0970. The molecule has 1 fully saturated rings. The maximum absolute atomic E-state index is 12.2. The number of carbonyl (C=O) groups is 1. The van der Waals surface area contributed by atoms with Gasteiger partial charge in [-0.25, -0.2) is 4.79 Å². The monoisotopic (exact) mass is 328 g/mol. The van der Waals surface area contributed by atoms with Gasteiger partial charge < -0.3 is 10.2 Å². The Bertz CT molecular complexity index is 589. The summed E-state index contributed by atoms with van der Waals surface area (Å²) in [6.07, 6.45) is 4.27. The fourth-order valence-corrected chi connectivity index (χ4v) is 3.86. The lowest BCUT2D eigenvalue weighted by Gasteiger charge is -2.32. The van der Waals surface area contributed by atoms with E-state index in [0.717, 1.165) is 45.3 Å². The van der Waals surface area contributed by atoms with Gasteiger partial charge in [0.15, 0.2) is 0 Å². The van der Waals surface area contributed by atoms with Gasteiger partial charge in [0.2, 0.25) is 0 Å². The van der Waals surface area contributed by atoms with Crippen molar-refractivity contribution in [3.05, 3.63) is 58.3 Å². The summed E-state index contributed by atoms with van der Waals surface area (Å²) in [7, 11) is 0. The maximum Gasteiger partial charge on any atom is 0.317 e. The van der Waals surface area contributed by atoms with E-state index in [4.69, 9.17) is 0 Å². The van der Waals surface area contributed by atoms with Crippen LogP contribution < -0.4 is 5.32 Å². The predicted molar refractivity (Wildman–Crippen MR) is 95.9 cm³/mol. The number of thiophene rings is 1. The van der Waals surface area contributed by atoms with Crippen molar-refractivity contribution in [2.24, 2.45) is 5.92 Å². The van der Waals surface area contributed by atoms with Gasteiger partial charge in [-0.05, 0) is 48.6 Å². The Morgan fingerprint density at radius 3 is 2.61 bits per heavy atom. The number of nitrogens with one attached hydrogen (secondary N) is 1. The van der Waals surface area contributed by atoms with E-state index in [2.05, 4.69) is 53.2 Å². The lowest BCUT2D eigenvalue weighted by atomic mass is 9.90. The molecule has 0 spiro atoms. The van der Waals surface area contributed by atoms with Crippen LogP contribution in [0, 0.1) is 5.92 Å². The minimum Gasteiger partial charge on any atom is -0.338 e. The molecule has 0 unspecified atom stereocenters. The number of carbonyl (C=O) groups excluding carboxylic acids is 1. The number of hydrogen-bond acceptors (Lipinski definition) is 2. The Hall–Kier alpha value is -1.81. The van der Waals surface area contributed by atoms with E-state index in [1.54, 1.807) is 11.3 Å². The molecular weight excluding hydrogens is 304 g/mol. The van der Waals surface area contributed by atoms with Crippen molar-refractivity contribution in [2.75, 3.05) is 19.6 Å². The Kier molecular flexibility index (Phi) is 5.70. The largest absolute Gasteiger partial charge is 0.338 e. The molecule has 122 valence electrons. The Morgan fingerprint density at radius 1 is 1.13 bits per heavy atom. The first kappa shape index (κ1) is 16.1. The molecule has 2 amide bonds. The van der Waals surface area contributed by atoms with E-state index in [0.29, 0.717) is 5.92 Å². The highest BCUT2D eigenvalue weighted by Gasteiger charge is 2.22. The Balaban J connectivity index is 1.37. The number of piperidine rings is 1. The van der Waals surface area contributed by atoms with Gasteiger partial charge in [-0.1, -0.05) is 36.4 Å². The third-order valence-corrected chi connectivity index (χ3v) is 5.43. The highest BCUT2D eigenvalue weighted by Crippen LogP contribution is 2.21. The Morgan fingerprint density at radius 2 is 1.91 bits per heavy atom. The van der Waals surface area contributed by atoms with Crippen LogP contribution in [0.3, 0.4) is 0 Å². The quantitative estimate of drug-likeness (QED) is 0.885. The number of benzene rings is 1. The number of nitrogens with zero attached hydrogens (tertiary/aromatic N) is 1. The highest BCUT2D eigenvalue weighted by molar-refractivity contribution is 7.09. The molecule has 1 aliphatic heterocycles. The molecule has 0 radical (unpaired) electrons. The lowest BCUT2D eigenvalue weighted by molar-refractivity contribution is 0.170. The molecule has 2 heterocycles. The average Bonchev–Trinajstić information content (AvgIpc) is 3.10. The van der Waals surface area contributed by atoms with Gasteiger partial charge >= 0.3 is 6.03 Å². The fourth-order valence-electron chi connectivity index (χ4n) is 3.15. The molecule has 1 aliphatic rings. The van der Waals surface area contributed by atoms with Crippen molar-refractivity contribution in [3.8, 4) is 0 Å². The van der Waals surface area contributed by atoms with Crippen LogP contribution in [0.4, 0.5) is 4.79 Å². The van der Waals surface area contributed by atoms with Gasteiger partial charge in [0.05, 0.1) is 0 Å². The van der Waals surface area contributed by atoms with Crippen molar-refractivity contribution in [1.29, 1.82) is 0 Å². The molecule has 3 nitrogen and oxygen atoms in total. The van der Waals surface area contributed by atoms with Crippen molar-refractivity contribution < 1.29 is 4.79 Å². The van der Waals surface area contributed by atoms with E-state index in [9.17, 15) is 4.79 Å². The summed E-state index contributed by atoms with van der Waals surface area (Å²) in [5, 5.41) is 5.13. The molecule has 23 heavy (non-hydrogen) atoms. The first-order valence-electron chi connectivity index (χ1n) is 8.40. The van der Waals surface area contributed by atoms with Crippen LogP contribution in [0.1, 0.15) is 23.3 Å². The van der Waals surface area contributed by atoms with Gasteiger partial charge in [0.1, 0.15) is 0 Å². The molecule has 0 bridgehead atoms. The Labute approximate surface area is 142 Å². The second-order valence-electron chi connectivity index (χ2n) is 6.18. The van der Waals surface area contributed by atoms with Crippen LogP contribution in [0.5, 0.6) is 0 Å². The van der Waals surface area contributed by atoms with Gasteiger partial charge in [-0.15, -0.1) is 11.3 Å². The van der Waals surface area contributed by atoms with Crippen molar-refractivity contribution >= 4 is 17.4 Å². The van der Waals surface area contributed by atoms with E-state index in [1.165, 1.54) is 10.4 Å². The third kappa shape index (κ3) is 4.83. The molecule has 1 aromatic carbocycles.